The van der Waals surface area contributed by atoms with Crippen LogP contribution >= 0.6 is 11.6 Å². The molecule has 8 heteroatoms. The molecule has 0 spiro atoms. The summed E-state index contributed by atoms with van der Waals surface area (Å²) in [7, 11) is -3.54. The van der Waals surface area contributed by atoms with Crippen molar-refractivity contribution in [2.75, 3.05) is 9.93 Å². The molecule has 0 saturated carbocycles. The molecule has 0 amide bonds. The minimum Gasteiger partial charge on any atom is -0.457 e. The van der Waals surface area contributed by atoms with Crippen LogP contribution in [0.2, 0.25) is 0 Å². The minimum absolute atomic E-state index is 0.441. The number of imidazole rings is 1. The van der Waals surface area contributed by atoms with Crippen molar-refractivity contribution in [1.82, 2.24) is 9.97 Å². The largest absolute Gasteiger partial charge is 0.457 e. The molecule has 0 fully saturated rings. The number of hydrogen-bond donors (Lipinski definition) is 2. The fourth-order valence-electron chi connectivity index (χ4n) is 2.91. The van der Waals surface area contributed by atoms with E-state index in [1.807, 2.05) is 54.6 Å². The summed E-state index contributed by atoms with van der Waals surface area (Å²) in [5.41, 5.74) is 3.03. The molecule has 2 N–H and O–H groups in total. The van der Waals surface area contributed by atoms with Gasteiger partial charge in [-0.25, -0.2) is 13.4 Å². The van der Waals surface area contributed by atoms with E-state index in [2.05, 4.69) is 14.7 Å². The molecule has 4 aromatic rings. The summed E-state index contributed by atoms with van der Waals surface area (Å²) in [6, 6.07) is 22.6. The smallest absolute Gasteiger partial charge is 0.246 e. The van der Waals surface area contributed by atoms with Crippen LogP contribution in [-0.4, -0.2) is 23.6 Å². The average Bonchev–Trinajstić information content (AvgIpc) is 3.11. The molecule has 1 heterocycles. The van der Waals surface area contributed by atoms with E-state index in [0.717, 1.165) is 33.9 Å². The van der Waals surface area contributed by atoms with E-state index >= 15 is 0 Å². The zero-order valence-electron chi connectivity index (χ0n) is 15.3. The van der Waals surface area contributed by atoms with E-state index in [0.29, 0.717) is 12.1 Å². The third-order valence-electron chi connectivity index (χ3n) is 4.22. The predicted molar refractivity (Wildman–Crippen MR) is 115 cm³/mol. The van der Waals surface area contributed by atoms with Crippen molar-refractivity contribution < 1.29 is 13.2 Å². The molecule has 0 aliphatic rings. The van der Waals surface area contributed by atoms with Crippen LogP contribution in [0.25, 0.3) is 11.0 Å². The van der Waals surface area contributed by atoms with Crippen LogP contribution in [0.4, 0.5) is 5.69 Å². The van der Waals surface area contributed by atoms with Gasteiger partial charge in [0.1, 0.15) is 22.5 Å². The first-order chi connectivity index (χ1) is 14.0. The molecule has 0 atom stereocenters. The maximum Gasteiger partial charge on any atom is 0.246 e. The van der Waals surface area contributed by atoms with Crippen molar-refractivity contribution >= 4 is 38.3 Å². The second-order valence-corrected chi connectivity index (χ2v) is 8.78. The molecular weight excluding hydrogens is 410 g/mol. The number of aromatic amines is 1. The number of halogens is 1. The lowest BCUT2D eigenvalue weighted by atomic mass is 10.1. The molecule has 4 rings (SSSR count). The van der Waals surface area contributed by atoms with Crippen LogP contribution in [0.5, 0.6) is 11.5 Å². The van der Waals surface area contributed by atoms with Gasteiger partial charge in [0.2, 0.25) is 10.0 Å². The van der Waals surface area contributed by atoms with Crippen molar-refractivity contribution in [2.24, 2.45) is 0 Å². The Hall–Kier alpha value is -3.03. The molecule has 148 valence electrons. The summed E-state index contributed by atoms with van der Waals surface area (Å²) in [4.78, 5) is 7.80. The number of alkyl halides is 1. The van der Waals surface area contributed by atoms with Gasteiger partial charge in [-0.05, 0) is 48.0 Å². The fraction of sp³-hybridized carbons (Fsp3) is 0.0952. The summed E-state index contributed by atoms with van der Waals surface area (Å²) in [6.45, 7) is 0. The molecule has 0 radical (unpaired) electrons. The SMILES string of the molecule is O=S(=O)(CCl)Nc1ccc2nc(Cc3ccc(Oc4ccccc4)cc3)[nH]c2c1. The quantitative estimate of drug-likeness (QED) is 0.411. The number of H-pyrrole nitrogens is 1. The zero-order valence-corrected chi connectivity index (χ0v) is 16.9. The van der Waals surface area contributed by atoms with Gasteiger partial charge in [0.25, 0.3) is 0 Å². The average molecular weight is 428 g/mol. The van der Waals surface area contributed by atoms with Gasteiger partial charge in [-0.3, -0.25) is 4.72 Å². The predicted octanol–water partition coefficient (Wildman–Crippen LogP) is 4.88. The third-order valence-corrected chi connectivity index (χ3v) is 5.92. The highest BCUT2D eigenvalue weighted by molar-refractivity contribution is 7.93. The van der Waals surface area contributed by atoms with E-state index in [4.69, 9.17) is 16.3 Å². The van der Waals surface area contributed by atoms with Crippen LogP contribution in [-0.2, 0) is 16.4 Å². The topological polar surface area (TPSA) is 84.1 Å². The Labute approximate surface area is 173 Å². The first-order valence-electron chi connectivity index (χ1n) is 8.88. The number of aromatic nitrogens is 2. The number of hydrogen-bond acceptors (Lipinski definition) is 4. The highest BCUT2D eigenvalue weighted by atomic mass is 35.5. The Morgan fingerprint density at radius 1 is 0.966 bits per heavy atom. The second-order valence-electron chi connectivity index (χ2n) is 6.48. The molecule has 0 bridgehead atoms. The monoisotopic (exact) mass is 427 g/mol. The van der Waals surface area contributed by atoms with E-state index in [1.165, 1.54) is 0 Å². The Morgan fingerprint density at radius 3 is 2.41 bits per heavy atom. The zero-order chi connectivity index (χ0) is 20.3. The van der Waals surface area contributed by atoms with Crippen LogP contribution in [0.1, 0.15) is 11.4 Å². The molecule has 0 aliphatic heterocycles. The minimum atomic E-state index is -3.54. The number of sulfonamides is 1. The van der Waals surface area contributed by atoms with Gasteiger partial charge in [-0.2, -0.15) is 0 Å². The molecule has 3 aromatic carbocycles. The lowest BCUT2D eigenvalue weighted by molar-refractivity contribution is 0.482. The van der Waals surface area contributed by atoms with Gasteiger partial charge < -0.3 is 9.72 Å². The number of ether oxygens (including phenoxy) is 1. The van der Waals surface area contributed by atoms with Crippen LogP contribution < -0.4 is 9.46 Å². The maximum atomic E-state index is 11.6. The van der Waals surface area contributed by atoms with Crippen molar-refractivity contribution in [2.45, 2.75) is 6.42 Å². The number of anilines is 1. The molecule has 6 nitrogen and oxygen atoms in total. The molecule has 1 aromatic heterocycles. The van der Waals surface area contributed by atoms with Crippen molar-refractivity contribution in [3.63, 3.8) is 0 Å². The number of benzene rings is 3. The normalized spacial score (nSPS) is 11.5. The number of fused-ring (bicyclic) bond motifs is 1. The highest BCUT2D eigenvalue weighted by Gasteiger charge is 2.10. The summed E-state index contributed by atoms with van der Waals surface area (Å²) >= 11 is 5.43. The van der Waals surface area contributed by atoms with E-state index < -0.39 is 15.2 Å². The van der Waals surface area contributed by atoms with Gasteiger partial charge in [0.15, 0.2) is 0 Å². The lowest BCUT2D eigenvalue weighted by Gasteiger charge is -2.06. The molecule has 0 aliphatic carbocycles. The molecule has 0 unspecified atom stereocenters. The number of rotatable bonds is 7. The number of nitrogens with one attached hydrogen (secondary N) is 2. The van der Waals surface area contributed by atoms with Crippen molar-refractivity contribution in [3.8, 4) is 11.5 Å². The van der Waals surface area contributed by atoms with Crippen LogP contribution in [0.3, 0.4) is 0 Å². The standard InChI is InChI=1S/C21H18ClN3O3S/c22-14-29(26,27)25-16-8-11-19-20(13-16)24-21(23-19)12-15-6-9-18(10-7-15)28-17-4-2-1-3-5-17/h1-11,13,25H,12,14H2,(H,23,24). The van der Waals surface area contributed by atoms with Crippen LogP contribution in [0.15, 0.2) is 72.8 Å². The number of nitrogens with zero attached hydrogens (tertiary/aromatic N) is 1. The van der Waals surface area contributed by atoms with Crippen LogP contribution in [0, 0.1) is 0 Å². The summed E-state index contributed by atoms with van der Waals surface area (Å²) in [5.74, 6) is 2.34. The number of para-hydroxylation sites is 1. The third kappa shape index (κ3) is 4.88. The molecule has 0 saturated heterocycles. The van der Waals surface area contributed by atoms with Gasteiger partial charge in [-0.1, -0.05) is 30.3 Å². The Balaban J connectivity index is 1.47. The van der Waals surface area contributed by atoms with E-state index in [9.17, 15) is 8.42 Å². The van der Waals surface area contributed by atoms with Gasteiger partial charge >= 0.3 is 0 Å². The lowest BCUT2D eigenvalue weighted by Crippen LogP contribution is -2.13. The summed E-state index contributed by atoms with van der Waals surface area (Å²) in [6.07, 6.45) is 0.614. The summed E-state index contributed by atoms with van der Waals surface area (Å²) in [5, 5.41) is -0.497. The highest BCUT2D eigenvalue weighted by Crippen LogP contribution is 2.23. The maximum absolute atomic E-state index is 11.6. The first-order valence-corrected chi connectivity index (χ1v) is 11.1. The fourth-order valence-corrected chi connectivity index (χ4v) is 3.61. The van der Waals surface area contributed by atoms with Gasteiger partial charge in [-0.15, -0.1) is 11.6 Å². The van der Waals surface area contributed by atoms with Crippen molar-refractivity contribution in [1.29, 1.82) is 0 Å². The molecular formula is C21H18ClN3O3S. The molecule has 29 heavy (non-hydrogen) atoms. The Kier molecular flexibility index (Phi) is 5.42. The second kappa shape index (κ2) is 8.14. The summed E-state index contributed by atoms with van der Waals surface area (Å²) < 4.78 is 31.5. The first kappa shape index (κ1) is 19.3. The Bertz CT molecular complexity index is 1220. The van der Waals surface area contributed by atoms with E-state index in [1.54, 1.807) is 18.2 Å². The Morgan fingerprint density at radius 2 is 1.69 bits per heavy atom. The van der Waals surface area contributed by atoms with Gasteiger partial charge in [0, 0.05) is 6.42 Å². The van der Waals surface area contributed by atoms with Crippen molar-refractivity contribution in [3.05, 3.63) is 84.2 Å². The van der Waals surface area contributed by atoms with E-state index in [-0.39, 0.29) is 0 Å². The van der Waals surface area contributed by atoms with Gasteiger partial charge in [0.05, 0.1) is 16.7 Å².